The van der Waals surface area contributed by atoms with Crippen molar-refractivity contribution in [1.29, 1.82) is 0 Å². The third-order valence-electron chi connectivity index (χ3n) is 3.05. The van der Waals surface area contributed by atoms with E-state index in [2.05, 4.69) is 11.6 Å². The molecule has 0 heterocycles. The van der Waals surface area contributed by atoms with Gasteiger partial charge in [-0.3, -0.25) is 14.7 Å². The SMILES string of the molecule is C=C/C=C(/C)CC(=O)N(/C(=N\CC)[C@H](C)N)c1ccccc1. The van der Waals surface area contributed by atoms with Crippen molar-refractivity contribution in [2.24, 2.45) is 10.7 Å². The first-order valence-corrected chi connectivity index (χ1v) is 7.47. The molecule has 0 aliphatic carbocycles. The highest BCUT2D eigenvalue weighted by Crippen LogP contribution is 2.18. The molecule has 4 heteroatoms. The number of carbonyl (C=O) groups excluding carboxylic acids is 1. The number of benzene rings is 1. The Morgan fingerprint density at radius 3 is 2.55 bits per heavy atom. The van der Waals surface area contributed by atoms with Crippen molar-refractivity contribution in [2.75, 3.05) is 11.4 Å². The number of hydrogen-bond donors (Lipinski definition) is 1. The van der Waals surface area contributed by atoms with Crippen LogP contribution in [0.3, 0.4) is 0 Å². The normalized spacial score (nSPS) is 13.6. The van der Waals surface area contributed by atoms with Gasteiger partial charge >= 0.3 is 0 Å². The lowest BCUT2D eigenvalue weighted by molar-refractivity contribution is -0.117. The number of aliphatic imine (C=N–C) groups is 1. The van der Waals surface area contributed by atoms with Crippen molar-refractivity contribution in [3.05, 3.63) is 54.6 Å². The Balaban J connectivity index is 3.22. The fourth-order valence-corrected chi connectivity index (χ4v) is 2.14. The minimum Gasteiger partial charge on any atom is -0.322 e. The van der Waals surface area contributed by atoms with Crippen LogP contribution in [-0.2, 0) is 4.79 Å². The van der Waals surface area contributed by atoms with E-state index in [0.717, 1.165) is 11.3 Å². The van der Waals surface area contributed by atoms with Gasteiger partial charge in [0.05, 0.1) is 11.7 Å². The summed E-state index contributed by atoms with van der Waals surface area (Å²) < 4.78 is 0. The summed E-state index contributed by atoms with van der Waals surface area (Å²) in [6, 6.07) is 9.15. The Bertz CT molecular complexity index is 559. The largest absolute Gasteiger partial charge is 0.322 e. The van der Waals surface area contributed by atoms with Crippen molar-refractivity contribution in [3.8, 4) is 0 Å². The highest BCUT2D eigenvalue weighted by molar-refractivity contribution is 6.19. The first-order valence-electron chi connectivity index (χ1n) is 7.47. The molecule has 4 nitrogen and oxygen atoms in total. The highest BCUT2D eigenvalue weighted by Gasteiger charge is 2.23. The van der Waals surface area contributed by atoms with Gasteiger partial charge in [-0.2, -0.15) is 0 Å². The summed E-state index contributed by atoms with van der Waals surface area (Å²) in [5.41, 5.74) is 7.76. The molecular formula is C18H25N3O. The van der Waals surface area contributed by atoms with Crippen LogP contribution in [0, 0.1) is 0 Å². The van der Waals surface area contributed by atoms with E-state index in [9.17, 15) is 4.79 Å². The van der Waals surface area contributed by atoms with Crippen molar-refractivity contribution < 1.29 is 4.79 Å². The lowest BCUT2D eigenvalue weighted by Gasteiger charge is -2.27. The molecule has 1 aromatic carbocycles. The van der Waals surface area contributed by atoms with Crippen LogP contribution in [0.25, 0.3) is 0 Å². The van der Waals surface area contributed by atoms with E-state index in [1.165, 1.54) is 0 Å². The summed E-state index contributed by atoms with van der Waals surface area (Å²) in [4.78, 5) is 18.8. The predicted octanol–water partition coefficient (Wildman–Crippen LogP) is 3.31. The molecule has 0 aromatic heterocycles. The van der Waals surface area contributed by atoms with E-state index < -0.39 is 0 Å². The molecular weight excluding hydrogens is 274 g/mol. The summed E-state index contributed by atoms with van der Waals surface area (Å²) in [5.74, 6) is 0.538. The van der Waals surface area contributed by atoms with Gasteiger partial charge in [0.1, 0.15) is 5.84 Å². The van der Waals surface area contributed by atoms with Gasteiger partial charge in [0.15, 0.2) is 0 Å². The number of nitrogens with two attached hydrogens (primary N) is 1. The second kappa shape index (κ2) is 8.95. The first-order chi connectivity index (χ1) is 10.5. The smallest absolute Gasteiger partial charge is 0.236 e. The molecule has 1 aromatic rings. The van der Waals surface area contributed by atoms with Crippen LogP contribution in [0.2, 0.25) is 0 Å². The molecule has 22 heavy (non-hydrogen) atoms. The third kappa shape index (κ3) is 4.97. The highest BCUT2D eigenvalue weighted by atomic mass is 16.2. The minimum atomic E-state index is -0.326. The molecule has 1 amide bonds. The van der Waals surface area contributed by atoms with E-state index >= 15 is 0 Å². The van der Waals surface area contributed by atoms with Gasteiger partial charge < -0.3 is 5.73 Å². The van der Waals surface area contributed by atoms with Crippen molar-refractivity contribution in [2.45, 2.75) is 33.2 Å². The summed E-state index contributed by atoms with van der Waals surface area (Å²) in [5, 5.41) is 0. The van der Waals surface area contributed by atoms with E-state index in [4.69, 9.17) is 5.73 Å². The summed E-state index contributed by atoms with van der Waals surface area (Å²) in [6.07, 6.45) is 3.82. The topological polar surface area (TPSA) is 58.7 Å². The molecule has 0 radical (unpaired) electrons. The van der Waals surface area contributed by atoms with Crippen LogP contribution in [0.5, 0.6) is 0 Å². The van der Waals surface area contributed by atoms with Crippen molar-refractivity contribution in [3.63, 3.8) is 0 Å². The Morgan fingerprint density at radius 1 is 1.41 bits per heavy atom. The maximum atomic E-state index is 12.8. The zero-order valence-electron chi connectivity index (χ0n) is 13.6. The predicted molar refractivity (Wildman–Crippen MR) is 94.1 cm³/mol. The first kappa shape index (κ1) is 17.9. The Labute approximate surface area is 133 Å². The fraction of sp³-hybridized carbons (Fsp3) is 0.333. The van der Waals surface area contributed by atoms with Gasteiger partial charge in [0.2, 0.25) is 5.91 Å². The maximum absolute atomic E-state index is 12.8. The van der Waals surface area contributed by atoms with Gasteiger partial charge in [-0.25, -0.2) is 0 Å². The van der Waals surface area contributed by atoms with Gasteiger partial charge in [-0.05, 0) is 32.9 Å². The summed E-state index contributed by atoms with van der Waals surface area (Å²) in [7, 11) is 0. The van der Waals surface area contributed by atoms with Gasteiger partial charge in [-0.15, -0.1) is 0 Å². The van der Waals surface area contributed by atoms with Crippen LogP contribution in [-0.4, -0.2) is 24.3 Å². The zero-order valence-corrected chi connectivity index (χ0v) is 13.6. The summed E-state index contributed by atoms with van der Waals surface area (Å²) in [6.45, 7) is 9.91. The zero-order chi connectivity index (χ0) is 16.5. The monoisotopic (exact) mass is 299 g/mol. The summed E-state index contributed by atoms with van der Waals surface area (Å²) >= 11 is 0. The van der Waals surface area contributed by atoms with Gasteiger partial charge in [-0.1, -0.05) is 42.5 Å². The second-order valence-corrected chi connectivity index (χ2v) is 5.11. The molecule has 0 bridgehead atoms. The molecule has 118 valence electrons. The molecule has 0 spiro atoms. The van der Waals surface area contributed by atoms with Crippen LogP contribution >= 0.6 is 0 Å². The van der Waals surface area contributed by atoms with E-state index in [-0.39, 0.29) is 11.9 Å². The quantitative estimate of drug-likeness (QED) is 0.498. The standard InChI is InChI=1S/C18H25N3O/c1-5-10-14(3)13-17(22)21(16-11-8-7-9-12-16)18(15(4)19)20-6-2/h5,7-12,15H,1,6,13,19H2,2-4H3/b14-10-,20-18-/t15-/m0/s1. The van der Waals surface area contributed by atoms with E-state index in [0.29, 0.717) is 18.8 Å². The molecule has 0 saturated carbocycles. The molecule has 2 N–H and O–H groups in total. The molecule has 0 fully saturated rings. The third-order valence-corrected chi connectivity index (χ3v) is 3.05. The molecule has 0 saturated heterocycles. The van der Waals surface area contributed by atoms with Crippen LogP contribution < -0.4 is 10.6 Å². The number of allylic oxidation sites excluding steroid dienone is 2. The fourth-order valence-electron chi connectivity index (χ4n) is 2.14. The Kier molecular flexibility index (Phi) is 7.26. The van der Waals surface area contributed by atoms with Crippen LogP contribution in [0.15, 0.2) is 59.6 Å². The van der Waals surface area contributed by atoms with Crippen LogP contribution in [0.1, 0.15) is 27.2 Å². The number of amidine groups is 1. The van der Waals surface area contributed by atoms with Gasteiger partial charge in [0.25, 0.3) is 0 Å². The van der Waals surface area contributed by atoms with Crippen LogP contribution in [0.4, 0.5) is 5.69 Å². The number of amides is 1. The number of nitrogens with zero attached hydrogens (tertiary/aromatic N) is 2. The number of rotatable bonds is 6. The number of carbonyl (C=O) groups is 1. The molecule has 0 aliphatic heterocycles. The van der Waals surface area contributed by atoms with Crippen molar-refractivity contribution in [1.82, 2.24) is 0 Å². The average Bonchev–Trinajstić information content (AvgIpc) is 2.47. The minimum absolute atomic E-state index is 0.0497. The molecule has 0 aliphatic rings. The van der Waals surface area contributed by atoms with E-state index in [1.54, 1.807) is 11.0 Å². The number of anilines is 1. The lowest BCUT2D eigenvalue weighted by atomic mass is 10.1. The second-order valence-electron chi connectivity index (χ2n) is 5.11. The number of para-hydroxylation sites is 1. The van der Waals surface area contributed by atoms with Gasteiger partial charge in [0, 0.05) is 13.0 Å². The lowest BCUT2D eigenvalue weighted by Crippen LogP contribution is -2.46. The molecule has 1 atom stereocenters. The molecule has 0 unspecified atom stereocenters. The number of hydrogen-bond acceptors (Lipinski definition) is 3. The maximum Gasteiger partial charge on any atom is 0.236 e. The van der Waals surface area contributed by atoms with E-state index in [1.807, 2.05) is 57.2 Å². The Hall–Kier alpha value is -2.20. The van der Waals surface area contributed by atoms with Crippen molar-refractivity contribution >= 4 is 17.4 Å². The average molecular weight is 299 g/mol. The Morgan fingerprint density at radius 2 is 2.05 bits per heavy atom. The molecule has 1 rings (SSSR count).